The Kier molecular flexibility index (Phi) is 6.05. The van der Waals surface area contributed by atoms with E-state index in [1.165, 1.54) is 19.3 Å². The summed E-state index contributed by atoms with van der Waals surface area (Å²) in [6.07, 6.45) is 4.64. The standard InChI is InChI=1S/C22H25N5OS/c1-2-28-19-13-11-18(12-14-19)24-22(29)23-17-9-7-16(8-10-17)21-26-25-20-6-4-3-5-15-27(20)21/h7-14H,2-6,15H2,1H3,(H2,23,24,29). The molecule has 0 bridgehead atoms. The minimum atomic E-state index is 0.540. The van der Waals surface area contributed by atoms with Gasteiger partial charge in [0.25, 0.3) is 0 Å². The van der Waals surface area contributed by atoms with E-state index < -0.39 is 0 Å². The van der Waals surface area contributed by atoms with Crippen LogP contribution < -0.4 is 15.4 Å². The highest BCUT2D eigenvalue weighted by Crippen LogP contribution is 2.24. The summed E-state index contributed by atoms with van der Waals surface area (Å²) in [5, 5.41) is 15.8. The zero-order chi connectivity index (χ0) is 20.1. The van der Waals surface area contributed by atoms with Crippen LogP contribution in [0.5, 0.6) is 5.75 Å². The number of nitrogens with one attached hydrogen (secondary N) is 2. The Labute approximate surface area is 176 Å². The van der Waals surface area contributed by atoms with E-state index in [2.05, 4.69) is 37.5 Å². The van der Waals surface area contributed by atoms with Crippen LogP contribution in [0.25, 0.3) is 11.4 Å². The minimum Gasteiger partial charge on any atom is -0.494 e. The van der Waals surface area contributed by atoms with Gasteiger partial charge in [0, 0.05) is 29.9 Å². The van der Waals surface area contributed by atoms with Crippen LogP contribution in [0.2, 0.25) is 0 Å². The Morgan fingerprint density at radius 1 is 0.966 bits per heavy atom. The molecular weight excluding hydrogens is 382 g/mol. The summed E-state index contributed by atoms with van der Waals surface area (Å²) in [6, 6.07) is 15.9. The predicted molar refractivity (Wildman–Crippen MR) is 120 cm³/mol. The Morgan fingerprint density at radius 3 is 2.34 bits per heavy atom. The zero-order valence-corrected chi connectivity index (χ0v) is 17.3. The number of aryl methyl sites for hydroxylation is 1. The molecule has 0 radical (unpaired) electrons. The molecule has 150 valence electrons. The molecule has 3 aromatic rings. The van der Waals surface area contributed by atoms with Crippen LogP contribution >= 0.6 is 12.2 Å². The maximum Gasteiger partial charge on any atom is 0.175 e. The molecule has 2 heterocycles. The molecule has 29 heavy (non-hydrogen) atoms. The van der Waals surface area contributed by atoms with E-state index in [1.54, 1.807) is 0 Å². The van der Waals surface area contributed by atoms with Gasteiger partial charge in [-0.1, -0.05) is 6.42 Å². The molecular formula is C22H25N5OS. The highest BCUT2D eigenvalue weighted by atomic mass is 32.1. The number of hydrogen-bond acceptors (Lipinski definition) is 4. The van der Waals surface area contributed by atoms with E-state index in [4.69, 9.17) is 17.0 Å². The van der Waals surface area contributed by atoms with Gasteiger partial charge in [-0.25, -0.2) is 0 Å². The molecule has 2 N–H and O–H groups in total. The molecule has 1 aliphatic rings. The lowest BCUT2D eigenvalue weighted by molar-refractivity contribution is 0.340. The third-order valence-corrected chi connectivity index (χ3v) is 5.14. The van der Waals surface area contributed by atoms with E-state index in [1.807, 2.05) is 43.3 Å². The molecule has 0 spiro atoms. The second kappa shape index (κ2) is 9.05. The van der Waals surface area contributed by atoms with Crippen molar-refractivity contribution in [3.05, 3.63) is 54.4 Å². The molecule has 1 aromatic heterocycles. The zero-order valence-electron chi connectivity index (χ0n) is 16.5. The van der Waals surface area contributed by atoms with Crippen molar-refractivity contribution in [3.63, 3.8) is 0 Å². The molecule has 0 aliphatic carbocycles. The maximum atomic E-state index is 5.46. The molecule has 0 saturated carbocycles. The van der Waals surface area contributed by atoms with Crippen LogP contribution in [-0.2, 0) is 13.0 Å². The van der Waals surface area contributed by atoms with E-state index in [0.717, 1.165) is 47.3 Å². The van der Waals surface area contributed by atoms with E-state index in [-0.39, 0.29) is 0 Å². The highest BCUT2D eigenvalue weighted by molar-refractivity contribution is 7.80. The summed E-state index contributed by atoms with van der Waals surface area (Å²) in [6.45, 7) is 3.61. The molecule has 7 heteroatoms. The second-order valence-corrected chi connectivity index (χ2v) is 7.42. The van der Waals surface area contributed by atoms with Crippen molar-refractivity contribution in [3.8, 4) is 17.1 Å². The van der Waals surface area contributed by atoms with Crippen molar-refractivity contribution in [2.75, 3.05) is 17.2 Å². The van der Waals surface area contributed by atoms with Crippen LogP contribution in [0.1, 0.15) is 32.0 Å². The van der Waals surface area contributed by atoms with Gasteiger partial charge < -0.3 is 19.9 Å². The van der Waals surface area contributed by atoms with Crippen LogP contribution in [0.4, 0.5) is 11.4 Å². The largest absolute Gasteiger partial charge is 0.494 e. The quantitative estimate of drug-likeness (QED) is 0.588. The van der Waals surface area contributed by atoms with Crippen molar-refractivity contribution in [2.45, 2.75) is 39.2 Å². The number of nitrogens with zero attached hydrogens (tertiary/aromatic N) is 3. The van der Waals surface area contributed by atoms with Crippen molar-refractivity contribution < 1.29 is 4.74 Å². The van der Waals surface area contributed by atoms with Gasteiger partial charge in [-0.3, -0.25) is 0 Å². The van der Waals surface area contributed by atoms with Gasteiger partial charge in [0.15, 0.2) is 10.9 Å². The fourth-order valence-electron chi connectivity index (χ4n) is 3.50. The minimum absolute atomic E-state index is 0.540. The van der Waals surface area contributed by atoms with E-state index in [0.29, 0.717) is 11.7 Å². The molecule has 0 fully saturated rings. The van der Waals surface area contributed by atoms with Crippen LogP contribution in [-0.4, -0.2) is 26.5 Å². The third-order valence-electron chi connectivity index (χ3n) is 4.93. The van der Waals surface area contributed by atoms with Gasteiger partial charge in [-0.2, -0.15) is 0 Å². The Hall–Kier alpha value is -2.93. The van der Waals surface area contributed by atoms with Gasteiger partial charge >= 0.3 is 0 Å². The SMILES string of the molecule is CCOc1ccc(NC(=S)Nc2ccc(-c3nnc4n3CCCCC4)cc2)cc1. The number of hydrogen-bond donors (Lipinski definition) is 2. The summed E-state index contributed by atoms with van der Waals surface area (Å²) in [4.78, 5) is 0. The van der Waals surface area contributed by atoms with Gasteiger partial charge in [-0.15, -0.1) is 10.2 Å². The fourth-order valence-corrected chi connectivity index (χ4v) is 3.73. The van der Waals surface area contributed by atoms with Crippen molar-refractivity contribution in [2.24, 2.45) is 0 Å². The summed E-state index contributed by atoms with van der Waals surface area (Å²) in [7, 11) is 0. The number of benzene rings is 2. The highest BCUT2D eigenvalue weighted by Gasteiger charge is 2.15. The summed E-state index contributed by atoms with van der Waals surface area (Å²) >= 11 is 5.43. The number of aromatic nitrogens is 3. The monoisotopic (exact) mass is 407 g/mol. The molecule has 4 rings (SSSR count). The van der Waals surface area contributed by atoms with Crippen LogP contribution in [0.15, 0.2) is 48.5 Å². The normalized spacial score (nSPS) is 13.3. The topological polar surface area (TPSA) is 64.0 Å². The number of fused-ring (bicyclic) bond motifs is 1. The smallest absolute Gasteiger partial charge is 0.175 e. The summed E-state index contributed by atoms with van der Waals surface area (Å²) in [5.41, 5.74) is 2.91. The average molecular weight is 408 g/mol. The first kappa shape index (κ1) is 19.4. The Morgan fingerprint density at radius 2 is 1.66 bits per heavy atom. The lowest BCUT2D eigenvalue weighted by atomic mass is 10.2. The second-order valence-electron chi connectivity index (χ2n) is 7.02. The summed E-state index contributed by atoms with van der Waals surface area (Å²) in [5.74, 6) is 2.89. The molecule has 0 atom stereocenters. The van der Waals surface area contributed by atoms with Crippen molar-refractivity contribution in [1.82, 2.24) is 14.8 Å². The number of anilines is 2. The van der Waals surface area contributed by atoms with Gasteiger partial charge in [-0.05, 0) is 80.5 Å². The molecule has 6 nitrogen and oxygen atoms in total. The van der Waals surface area contributed by atoms with Crippen molar-refractivity contribution >= 4 is 28.7 Å². The first-order valence-corrected chi connectivity index (χ1v) is 10.5. The first-order chi connectivity index (χ1) is 14.2. The molecule has 0 amide bonds. The fraction of sp³-hybridized carbons (Fsp3) is 0.318. The van der Waals surface area contributed by atoms with Gasteiger partial charge in [0.1, 0.15) is 11.6 Å². The van der Waals surface area contributed by atoms with Crippen LogP contribution in [0, 0.1) is 0 Å². The predicted octanol–water partition coefficient (Wildman–Crippen LogP) is 4.88. The van der Waals surface area contributed by atoms with Crippen LogP contribution in [0.3, 0.4) is 0 Å². The van der Waals surface area contributed by atoms with E-state index in [9.17, 15) is 0 Å². The lowest BCUT2D eigenvalue weighted by Crippen LogP contribution is -2.18. The maximum absolute atomic E-state index is 5.46. The molecule has 2 aromatic carbocycles. The molecule has 0 unspecified atom stereocenters. The van der Waals surface area contributed by atoms with Crippen molar-refractivity contribution in [1.29, 1.82) is 0 Å². The lowest BCUT2D eigenvalue weighted by Gasteiger charge is -2.12. The first-order valence-electron chi connectivity index (χ1n) is 10.1. The summed E-state index contributed by atoms with van der Waals surface area (Å²) < 4.78 is 7.71. The molecule has 1 aliphatic heterocycles. The Balaban J connectivity index is 1.39. The average Bonchev–Trinajstić information content (AvgIpc) is 2.98. The third kappa shape index (κ3) is 4.74. The van der Waals surface area contributed by atoms with Gasteiger partial charge in [0.05, 0.1) is 6.61 Å². The van der Waals surface area contributed by atoms with Gasteiger partial charge in [0.2, 0.25) is 0 Å². The Bertz CT molecular complexity index is 966. The molecule has 0 saturated heterocycles. The van der Waals surface area contributed by atoms with E-state index >= 15 is 0 Å². The number of ether oxygens (including phenoxy) is 1. The number of thiocarbonyl (C=S) groups is 1. The number of rotatable bonds is 5.